The molecule has 13 amide bonds. The molecular formula is C93H127N25O32. The molecule has 57 heteroatoms. The number of urea groups is 1. The Morgan fingerprint density at radius 2 is 0.620 bits per heavy atom. The summed E-state index contributed by atoms with van der Waals surface area (Å²) in [5, 5.41) is 131. The van der Waals surface area contributed by atoms with Crippen molar-refractivity contribution >= 4 is 141 Å². The van der Waals surface area contributed by atoms with Crippen molar-refractivity contribution in [3.63, 3.8) is 0 Å². The third-order valence-corrected chi connectivity index (χ3v) is 24.7. The Morgan fingerprint density at radius 1 is 0.307 bits per heavy atom. The lowest BCUT2D eigenvalue weighted by Gasteiger charge is -2.33. The summed E-state index contributed by atoms with van der Waals surface area (Å²) in [5.74, 6) is -26.1. The maximum Gasteiger partial charge on any atom is 0.326 e. The van der Waals surface area contributed by atoms with Gasteiger partial charge in [-0.25, -0.2) is 34.3 Å². The second-order valence-corrected chi connectivity index (χ2v) is 36.2. The summed E-state index contributed by atoms with van der Waals surface area (Å²) >= 11 is 0. The molecule has 6 aromatic rings. The second-order valence-electron chi connectivity index (χ2n) is 36.2. The van der Waals surface area contributed by atoms with E-state index in [1.807, 2.05) is 42.5 Å². The number of unbranched alkanes of at least 4 members (excludes halogenated alkanes) is 1. The number of carboxylic acid groups (broad SMARTS) is 10. The number of aliphatic carboxylic acids is 10. The largest absolute Gasteiger partial charge is 0.481 e. The topological polar surface area (TPSA) is 862 Å². The van der Waals surface area contributed by atoms with Crippen molar-refractivity contribution in [1.29, 1.82) is 0 Å². The van der Waals surface area contributed by atoms with E-state index >= 15 is 0 Å². The molecule has 816 valence electrons. The van der Waals surface area contributed by atoms with Gasteiger partial charge >= 0.3 is 65.7 Å². The fourth-order valence-corrected chi connectivity index (χ4v) is 16.6. The number of benzene rings is 2. The maximum atomic E-state index is 14.9. The lowest BCUT2D eigenvalue weighted by Crippen LogP contribution is -2.61. The van der Waals surface area contributed by atoms with Gasteiger partial charge in [0.1, 0.15) is 66.5 Å². The van der Waals surface area contributed by atoms with Crippen LogP contribution in [0.15, 0.2) is 92.6 Å². The molecule has 11 atom stereocenters. The molecule has 27 N–H and O–H groups in total. The minimum absolute atomic E-state index is 0.00636. The molecule has 0 spiro atoms. The molecular weight excluding hydrogens is 1980 g/mol. The van der Waals surface area contributed by atoms with Crippen LogP contribution in [0.25, 0.3) is 10.8 Å². The van der Waals surface area contributed by atoms with Crippen LogP contribution in [0.1, 0.15) is 137 Å². The number of nitrogens with zero attached hydrogens (tertiary/aromatic N) is 8. The molecule has 4 aromatic heterocycles. The molecule has 1 unspecified atom stereocenters. The summed E-state index contributed by atoms with van der Waals surface area (Å²) in [6.07, 6.45) is 2.52. The first-order chi connectivity index (χ1) is 71.5. The molecule has 2 fully saturated rings. The van der Waals surface area contributed by atoms with Crippen molar-refractivity contribution in [2.24, 2.45) is 11.8 Å². The van der Waals surface area contributed by atoms with Gasteiger partial charge in [0.15, 0.2) is 0 Å². The Hall–Kier alpha value is -16.5. The van der Waals surface area contributed by atoms with E-state index in [4.69, 9.17) is 5.11 Å². The normalized spacial score (nSPS) is 16.5. The fraction of sp³-hybridized carbons (Fsp3) is 0.527. The summed E-state index contributed by atoms with van der Waals surface area (Å²) < 4.78 is 0. The van der Waals surface area contributed by atoms with Crippen LogP contribution in [0.3, 0.4) is 0 Å². The lowest BCUT2D eigenvalue weighted by molar-refractivity contribution is -0.141. The predicted octanol–water partition coefficient (Wildman–Crippen LogP) is -5.18. The van der Waals surface area contributed by atoms with Crippen LogP contribution in [0, 0.1) is 11.8 Å². The van der Waals surface area contributed by atoms with Gasteiger partial charge in [-0.2, -0.15) is 0 Å². The molecule has 2 aliphatic rings. The van der Waals surface area contributed by atoms with Crippen molar-refractivity contribution in [3.8, 4) is 0 Å². The highest BCUT2D eigenvalue weighted by Gasteiger charge is 2.40. The quantitative estimate of drug-likeness (QED) is 0.0159. The first kappa shape index (κ1) is 119. The number of imidazole rings is 4. The van der Waals surface area contributed by atoms with Crippen LogP contribution >= 0.6 is 0 Å². The minimum atomic E-state index is -1.98. The van der Waals surface area contributed by atoms with Gasteiger partial charge in [-0.05, 0) is 99.3 Å². The number of nitrogens with one attached hydrogen (secondary N) is 17. The van der Waals surface area contributed by atoms with E-state index in [-0.39, 0.29) is 139 Å². The van der Waals surface area contributed by atoms with E-state index < -0.39 is 313 Å². The molecule has 5 heterocycles. The number of carbonyl (C=O) groups is 22. The zero-order valence-electron chi connectivity index (χ0n) is 81.7. The Labute approximate surface area is 855 Å². The van der Waals surface area contributed by atoms with Crippen LogP contribution in [0.5, 0.6) is 0 Å². The highest BCUT2D eigenvalue weighted by molar-refractivity contribution is 6.00. The third-order valence-electron chi connectivity index (χ3n) is 24.7. The smallest absolute Gasteiger partial charge is 0.326 e. The van der Waals surface area contributed by atoms with Gasteiger partial charge in [0, 0.05) is 160 Å². The summed E-state index contributed by atoms with van der Waals surface area (Å²) in [4.78, 5) is 326. The van der Waals surface area contributed by atoms with Gasteiger partial charge in [0.05, 0.1) is 74.3 Å². The van der Waals surface area contributed by atoms with Gasteiger partial charge in [-0.3, -0.25) is 111 Å². The van der Waals surface area contributed by atoms with Gasteiger partial charge in [0.2, 0.25) is 65.0 Å². The van der Waals surface area contributed by atoms with E-state index in [1.165, 1.54) is 69.7 Å². The predicted molar refractivity (Wildman–Crippen MR) is 517 cm³/mol. The second kappa shape index (κ2) is 61.2. The molecule has 8 rings (SSSR count). The maximum absolute atomic E-state index is 14.9. The van der Waals surface area contributed by atoms with Crippen LogP contribution in [-0.4, -0.2) is 399 Å². The molecule has 2 aromatic carbocycles. The van der Waals surface area contributed by atoms with E-state index in [0.29, 0.717) is 18.4 Å². The highest BCUT2D eigenvalue weighted by Crippen LogP contribution is 2.30. The first-order valence-electron chi connectivity index (χ1n) is 48.3. The highest BCUT2D eigenvalue weighted by atomic mass is 16.4. The molecule has 0 bridgehead atoms. The number of aromatic nitrogens is 8. The molecule has 1 saturated carbocycles. The van der Waals surface area contributed by atoms with E-state index in [1.54, 1.807) is 0 Å². The zero-order valence-corrected chi connectivity index (χ0v) is 81.7. The summed E-state index contributed by atoms with van der Waals surface area (Å²) in [7, 11) is 0. The standard InChI is InChI=1S/C93H127N25O32/c119-72(44-115-25-27-116(45-78(130)131)29-31-118(47-80(134)135)32-30-117(28-26-115)46-79(132)133)104-61(14-19-73(120)121)84(139)110-69(36-58-41-95-49-101-58)88(143)106-63(16-21-75(124)125)86(141)112-71(38-60-43-97-51-103-60)90(145)107-64(17-22-76(126)127)87(142)111-70(37-59-42-96-50-102-59)89(144)105-62(15-20-74(122)123)85(140)109-68(35-57-40-94-48-100-57)83(138)99-39-52-8-12-55(13-9-52)81(136)108-67(34-53-10-11-54-5-1-2-6-56(54)33-53)82(137)98-24-4-3-7-65(91(146)147)113-93(150)114-66(92(148)149)18-23-77(128)129/h1-2,5-6,10-11,33,40-43,48-52,55,61-71H,3-4,7-9,12-32,34-39,44-47H2,(H,94,100)(H,95,101)(H,96,102)(H,97,103)(H,98,137)(H,99,138)(H,104,119)(H,105,144)(H,106,143)(H,107,145)(H,108,136)(H,109,140)(H,110,139)(H,111,142)(H,112,141)(H,120,121)(H,122,123)(H,124,125)(H,126,127)(H,128,129)(H,130,131)(H,132,133)(H,134,135)(H,146,147)(H,148,149)(H2,113,114,150)/t52?,55?,61-,62-,63-,64-,65-,66-,67-,68-,69?,70-,71-/m0/s1. The average molecular weight is 2110 g/mol. The monoisotopic (exact) mass is 2110 g/mol. The minimum Gasteiger partial charge on any atom is -0.481 e. The SMILES string of the molecule is O=C(O)CC[C@H](NC(=O)N[C@@H](CCCCNC(=O)[C@H](Cc1ccc2ccccc2c1)NC(=O)C1CCC(CNC(=O)[C@H](Cc2c[nH]cn2)NC(=O)[C@H](CCC(=O)O)NC(=O)[C@H](Cc2c[nH]cn2)NC(=O)[C@H](CCC(=O)O)NC(=O)[C@H](Cc2c[nH]cn2)NC(=O)[C@H](CCC(=O)O)NC(=O)C(Cc2c[nH]cn2)NC(=O)[C@H](CCC(=O)O)NC(=O)CN2CCN(CC(=O)O)CCN(CC(=O)O)CCN(CC(=O)O)CC2)CC1)C(=O)O)C(=O)O. The Balaban J connectivity index is 0.935. The number of amides is 13. The fourth-order valence-electron chi connectivity index (χ4n) is 16.6. The summed E-state index contributed by atoms with van der Waals surface area (Å²) in [6.45, 7) is -2.05. The van der Waals surface area contributed by atoms with Gasteiger partial charge < -0.3 is 140 Å². The Kier molecular flexibility index (Phi) is 48.5. The Bertz CT molecular complexity index is 5560. The molecule has 150 heavy (non-hydrogen) atoms. The van der Waals surface area contributed by atoms with Crippen LogP contribution < -0.4 is 69.1 Å². The van der Waals surface area contributed by atoms with Crippen molar-refractivity contribution in [2.45, 2.75) is 208 Å². The number of rotatable bonds is 63. The number of carboxylic acids is 10. The van der Waals surface area contributed by atoms with Crippen LogP contribution in [-0.2, 0) is 133 Å². The molecule has 0 radical (unpaired) electrons. The van der Waals surface area contributed by atoms with E-state index in [2.05, 4.69) is 109 Å². The van der Waals surface area contributed by atoms with Crippen molar-refractivity contribution in [1.82, 2.24) is 129 Å². The Morgan fingerprint density at radius 3 is 0.967 bits per heavy atom. The molecule has 1 saturated heterocycles. The van der Waals surface area contributed by atoms with Crippen molar-refractivity contribution < 1.29 is 157 Å². The molecule has 1 aliphatic heterocycles. The number of carbonyl (C=O) groups excluding carboxylic acids is 12. The summed E-state index contributed by atoms with van der Waals surface area (Å²) in [5.41, 5.74) is 1.13. The lowest BCUT2D eigenvalue weighted by atomic mass is 9.81. The van der Waals surface area contributed by atoms with E-state index in [0.717, 1.165) is 10.8 Å². The van der Waals surface area contributed by atoms with E-state index in [9.17, 15) is 151 Å². The molecule has 57 nitrogen and oxygen atoms in total. The number of H-pyrrole nitrogens is 4. The zero-order chi connectivity index (χ0) is 109. The van der Waals surface area contributed by atoms with Gasteiger partial charge in [0.25, 0.3) is 0 Å². The van der Waals surface area contributed by atoms with Crippen molar-refractivity contribution in [2.75, 3.05) is 91.6 Å². The number of fused-ring (bicyclic) bond motifs is 1. The van der Waals surface area contributed by atoms with Gasteiger partial charge in [-0.1, -0.05) is 42.5 Å². The number of hydrogen-bond acceptors (Lipinski definition) is 30. The average Bonchev–Trinajstić information content (AvgIpc) is 1.17. The number of aromatic amines is 4. The third kappa shape index (κ3) is 43.3. The number of hydrogen-bond donors (Lipinski definition) is 27. The van der Waals surface area contributed by atoms with Gasteiger partial charge in [-0.15, -0.1) is 0 Å². The summed E-state index contributed by atoms with van der Waals surface area (Å²) in [6, 6.07) is -7.04. The first-order valence-corrected chi connectivity index (χ1v) is 48.3. The van der Waals surface area contributed by atoms with Crippen molar-refractivity contribution in [3.05, 3.63) is 121 Å². The molecule has 1 aliphatic carbocycles. The van der Waals surface area contributed by atoms with Crippen LogP contribution in [0.4, 0.5) is 4.79 Å². The van der Waals surface area contributed by atoms with Crippen LogP contribution in [0.2, 0.25) is 0 Å².